The molecule has 4 heteroatoms. The first-order chi connectivity index (χ1) is 9.24. The van der Waals surface area contributed by atoms with E-state index in [1.807, 2.05) is 42.5 Å². The number of hydrogen-bond acceptors (Lipinski definition) is 3. The predicted molar refractivity (Wildman–Crippen MR) is 79.9 cm³/mol. The largest absolute Gasteiger partial charge is 0.429 e. The van der Waals surface area contributed by atoms with Gasteiger partial charge in [0.05, 0.1) is 4.47 Å². The second-order valence-electron chi connectivity index (χ2n) is 4.12. The molecule has 0 amide bonds. The van der Waals surface area contributed by atoms with Crippen molar-refractivity contribution in [2.24, 2.45) is 0 Å². The van der Waals surface area contributed by atoms with Gasteiger partial charge < -0.3 is 9.73 Å². The van der Waals surface area contributed by atoms with E-state index in [0.717, 1.165) is 20.9 Å². The van der Waals surface area contributed by atoms with Crippen LogP contribution in [0.5, 0.6) is 0 Å². The number of anilines is 2. The van der Waals surface area contributed by atoms with Gasteiger partial charge in [0.15, 0.2) is 0 Å². The number of halogens is 1. The zero-order valence-electron chi connectivity index (χ0n) is 9.89. The minimum Gasteiger partial charge on any atom is -0.429 e. The summed E-state index contributed by atoms with van der Waals surface area (Å²) in [6.07, 6.45) is 1.37. The molecular weight excluding hydrogens is 306 g/mol. The van der Waals surface area contributed by atoms with E-state index in [0.29, 0.717) is 5.69 Å². The fourth-order valence-corrected chi connectivity index (χ4v) is 2.29. The van der Waals surface area contributed by atoms with E-state index in [4.69, 9.17) is 4.42 Å². The second-order valence-corrected chi connectivity index (χ2v) is 5.03. The lowest BCUT2D eigenvalue weighted by Gasteiger charge is -2.08. The molecule has 1 aromatic heterocycles. The Kier molecular flexibility index (Phi) is 3.09. The lowest BCUT2D eigenvalue weighted by Crippen LogP contribution is -2.06. The maximum absolute atomic E-state index is 11.7. The van der Waals surface area contributed by atoms with Crippen molar-refractivity contribution in [3.05, 3.63) is 69.7 Å². The average molecular weight is 316 g/mol. The molecule has 1 N–H and O–H groups in total. The van der Waals surface area contributed by atoms with E-state index >= 15 is 0 Å². The molecule has 0 bridgehead atoms. The first-order valence-corrected chi connectivity index (χ1v) is 6.56. The van der Waals surface area contributed by atoms with Crippen molar-refractivity contribution >= 4 is 38.1 Å². The summed E-state index contributed by atoms with van der Waals surface area (Å²) < 4.78 is 5.63. The Morgan fingerprint density at radius 1 is 1.00 bits per heavy atom. The fourth-order valence-electron chi connectivity index (χ4n) is 1.97. The summed E-state index contributed by atoms with van der Waals surface area (Å²) in [4.78, 5) is 11.7. The molecule has 0 saturated carbocycles. The summed E-state index contributed by atoms with van der Waals surface area (Å²) in [7, 11) is 0. The zero-order chi connectivity index (χ0) is 13.2. The summed E-state index contributed by atoms with van der Waals surface area (Å²) in [5.74, 6) is 0. The maximum Gasteiger partial charge on any atom is 0.359 e. The second kappa shape index (κ2) is 4.90. The Bertz CT molecular complexity index is 790. The van der Waals surface area contributed by atoms with Crippen molar-refractivity contribution in [2.75, 3.05) is 5.32 Å². The van der Waals surface area contributed by atoms with Crippen LogP contribution in [0.4, 0.5) is 11.4 Å². The fraction of sp³-hybridized carbons (Fsp3) is 0. The quantitative estimate of drug-likeness (QED) is 0.766. The Balaban J connectivity index is 2.11. The standard InChI is InChI=1S/C15H10BrNO2/c16-11-8-14(15(18)19-9-11)17-13-7-3-5-10-4-1-2-6-12(10)13/h1-9,17H. The summed E-state index contributed by atoms with van der Waals surface area (Å²) in [5, 5.41) is 5.30. The van der Waals surface area contributed by atoms with Gasteiger partial charge in [0.25, 0.3) is 0 Å². The van der Waals surface area contributed by atoms with Gasteiger partial charge in [-0.05, 0) is 33.4 Å². The number of nitrogens with one attached hydrogen (secondary N) is 1. The molecule has 0 aliphatic carbocycles. The molecule has 0 aliphatic heterocycles. The highest BCUT2D eigenvalue weighted by atomic mass is 79.9. The van der Waals surface area contributed by atoms with Crippen LogP contribution < -0.4 is 10.9 Å². The Labute approximate surface area is 118 Å². The van der Waals surface area contributed by atoms with Crippen molar-refractivity contribution < 1.29 is 4.42 Å². The van der Waals surface area contributed by atoms with Crippen LogP contribution in [0.15, 0.2) is 68.5 Å². The van der Waals surface area contributed by atoms with Crippen LogP contribution in [0.3, 0.4) is 0 Å². The third-order valence-electron chi connectivity index (χ3n) is 2.84. The van der Waals surface area contributed by atoms with Crippen LogP contribution in [0.1, 0.15) is 0 Å². The van der Waals surface area contributed by atoms with Crippen molar-refractivity contribution in [3.63, 3.8) is 0 Å². The van der Waals surface area contributed by atoms with Gasteiger partial charge in [-0.2, -0.15) is 0 Å². The molecule has 1 heterocycles. The van der Waals surface area contributed by atoms with E-state index in [1.165, 1.54) is 6.26 Å². The normalized spacial score (nSPS) is 10.6. The Hall–Kier alpha value is -2.07. The van der Waals surface area contributed by atoms with E-state index in [-0.39, 0.29) is 0 Å². The molecule has 19 heavy (non-hydrogen) atoms. The van der Waals surface area contributed by atoms with Gasteiger partial charge in [0.2, 0.25) is 0 Å². The van der Waals surface area contributed by atoms with Crippen LogP contribution in [-0.4, -0.2) is 0 Å². The van der Waals surface area contributed by atoms with Crippen LogP contribution in [0.25, 0.3) is 10.8 Å². The van der Waals surface area contributed by atoms with Gasteiger partial charge in [0.1, 0.15) is 12.0 Å². The minimum atomic E-state index is -0.392. The molecule has 0 fully saturated rings. The van der Waals surface area contributed by atoms with Gasteiger partial charge >= 0.3 is 5.63 Å². The van der Waals surface area contributed by atoms with Gasteiger partial charge in [0, 0.05) is 11.1 Å². The van der Waals surface area contributed by atoms with Crippen molar-refractivity contribution in [1.82, 2.24) is 0 Å². The lowest BCUT2D eigenvalue weighted by atomic mass is 10.1. The number of rotatable bonds is 2. The van der Waals surface area contributed by atoms with E-state index in [9.17, 15) is 4.79 Å². The van der Waals surface area contributed by atoms with E-state index in [2.05, 4.69) is 21.2 Å². The molecule has 0 spiro atoms. The van der Waals surface area contributed by atoms with Crippen molar-refractivity contribution in [1.29, 1.82) is 0 Å². The first-order valence-electron chi connectivity index (χ1n) is 5.77. The van der Waals surface area contributed by atoms with Crippen LogP contribution >= 0.6 is 15.9 Å². The minimum absolute atomic E-state index is 0.392. The van der Waals surface area contributed by atoms with E-state index < -0.39 is 5.63 Å². The van der Waals surface area contributed by atoms with Crippen LogP contribution in [-0.2, 0) is 0 Å². The highest BCUT2D eigenvalue weighted by molar-refractivity contribution is 9.10. The molecular formula is C15H10BrNO2. The maximum atomic E-state index is 11.7. The molecule has 0 radical (unpaired) electrons. The number of benzene rings is 2. The third kappa shape index (κ3) is 2.39. The van der Waals surface area contributed by atoms with E-state index in [1.54, 1.807) is 6.07 Å². The summed E-state index contributed by atoms with van der Waals surface area (Å²) in [6, 6.07) is 15.6. The summed E-state index contributed by atoms with van der Waals surface area (Å²) in [6.45, 7) is 0. The lowest BCUT2D eigenvalue weighted by molar-refractivity contribution is 0.510. The SMILES string of the molecule is O=c1occ(Br)cc1Nc1cccc2ccccc12. The Morgan fingerprint density at radius 3 is 2.68 bits per heavy atom. The summed E-state index contributed by atoms with van der Waals surface area (Å²) >= 11 is 3.29. The molecule has 0 atom stereocenters. The molecule has 3 aromatic rings. The Morgan fingerprint density at radius 2 is 1.79 bits per heavy atom. The monoisotopic (exact) mass is 315 g/mol. The van der Waals surface area contributed by atoms with Crippen LogP contribution in [0.2, 0.25) is 0 Å². The molecule has 0 saturated heterocycles. The molecule has 3 nitrogen and oxygen atoms in total. The van der Waals surface area contributed by atoms with Crippen LogP contribution in [0, 0.1) is 0 Å². The molecule has 2 aromatic carbocycles. The number of fused-ring (bicyclic) bond motifs is 1. The van der Waals surface area contributed by atoms with Gasteiger partial charge in [-0.15, -0.1) is 0 Å². The van der Waals surface area contributed by atoms with Crippen molar-refractivity contribution in [3.8, 4) is 0 Å². The highest BCUT2D eigenvalue weighted by Gasteiger charge is 2.05. The molecule has 94 valence electrons. The zero-order valence-corrected chi connectivity index (χ0v) is 11.5. The number of hydrogen-bond donors (Lipinski definition) is 1. The smallest absolute Gasteiger partial charge is 0.359 e. The van der Waals surface area contributed by atoms with Gasteiger partial charge in [-0.1, -0.05) is 36.4 Å². The van der Waals surface area contributed by atoms with Gasteiger partial charge in [-0.3, -0.25) is 0 Å². The molecule has 3 rings (SSSR count). The average Bonchev–Trinajstić information content (AvgIpc) is 2.43. The molecule has 0 unspecified atom stereocenters. The molecule has 0 aliphatic rings. The topological polar surface area (TPSA) is 42.2 Å². The first kappa shape index (κ1) is 12.0. The van der Waals surface area contributed by atoms with Gasteiger partial charge in [-0.25, -0.2) is 4.79 Å². The third-order valence-corrected chi connectivity index (χ3v) is 3.26. The van der Waals surface area contributed by atoms with Crippen molar-refractivity contribution in [2.45, 2.75) is 0 Å². The highest BCUT2D eigenvalue weighted by Crippen LogP contribution is 2.25. The summed E-state index contributed by atoms with van der Waals surface area (Å²) in [5.41, 5.74) is 0.894. The predicted octanol–water partition coefficient (Wildman–Crippen LogP) is 4.30.